The molecule has 1 fully saturated rings. The Bertz CT molecular complexity index is 571. The third-order valence-electron chi connectivity index (χ3n) is 3.66. The molecule has 1 aliphatic heterocycles. The predicted molar refractivity (Wildman–Crippen MR) is 80.3 cm³/mol. The van der Waals surface area contributed by atoms with Crippen molar-refractivity contribution in [1.82, 2.24) is 4.90 Å². The smallest absolute Gasteiger partial charge is 0.409 e. The van der Waals surface area contributed by atoms with Gasteiger partial charge in [-0.3, -0.25) is 9.59 Å². The summed E-state index contributed by atoms with van der Waals surface area (Å²) in [6.45, 7) is 0.946. The van der Waals surface area contributed by atoms with Crippen LogP contribution in [-0.4, -0.2) is 43.0 Å². The van der Waals surface area contributed by atoms with Gasteiger partial charge in [-0.1, -0.05) is 0 Å². The van der Waals surface area contributed by atoms with Crippen LogP contribution in [0.4, 0.5) is 10.5 Å². The number of benzene rings is 1. The van der Waals surface area contributed by atoms with E-state index in [2.05, 4.69) is 10.1 Å². The van der Waals surface area contributed by atoms with Crippen LogP contribution in [0.15, 0.2) is 24.3 Å². The van der Waals surface area contributed by atoms with Crippen LogP contribution in [0.1, 0.15) is 23.2 Å². The molecule has 0 bridgehead atoms. The quantitative estimate of drug-likeness (QED) is 0.876. The Balaban J connectivity index is 1.96. The average Bonchev–Trinajstić information content (AvgIpc) is 2.54. The molecule has 7 heteroatoms. The van der Waals surface area contributed by atoms with Crippen molar-refractivity contribution in [2.24, 2.45) is 11.7 Å². The molecule has 1 atom stereocenters. The Morgan fingerprint density at radius 2 is 1.95 bits per heavy atom. The summed E-state index contributed by atoms with van der Waals surface area (Å²) in [6.07, 6.45) is 1.07. The van der Waals surface area contributed by atoms with Crippen LogP contribution >= 0.6 is 0 Å². The third-order valence-corrected chi connectivity index (χ3v) is 3.66. The molecule has 1 aromatic rings. The van der Waals surface area contributed by atoms with Crippen molar-refractivity contribution < 1.29 is 19.1 Å². The Kier molecular flexibility index (Phi) is 4.98. The number of likely N-dealkylation sites (tertiary alicyclic amines) is 1. The van der Waals surface area contributed by atoms with E-state index in [1.165, 1.54) is 12.0 Å². The van der Waals surface area contributed by atoms with E-state index in [0.29, 0.717) is 24.3 Å². The first-order valence-corrected chi connectivity index (χ1v) is 7.05. The van der Waals surface area contributed by atoms with Crippen LogP contribution in [0.25, 0.3) is 0 Å². The lowest BCUT2D eigenvalue weighted by atomic mass is 9.97. The van der Waals surface area contributed by atoms with Crippen LogP contribution < -0.4 is 11.1 Å². The van der Waals surface area contributed by atoms with Gasteiger partial charge in [0.15, 0.2) is 0 Å². The first-order valence-electron chi connectivity index (χ1n) is 7.05. The molecule has 7 nitrogen and oxygen atoms in total. The number of rotatable bonds is 3. The first-order chi connectivity index (χ1) is 10.5. The molecule has 1 heterocycles. The molecule has 118 valence electrons. The van der Waals surface area contributed by atoms with Crippen molar-refractivity contribution in [3.8, 4) is 0 Å². The van der Waals surface area contributed by atoms with Crippen molar-refractivity contribution >= 4 is 23.6 Å². The van der Waals surface area contributed by atoms with E-state index in [1.807, 2.05) is 0 Å². The van der Waals surface area contributed by atoms with E-state index in [1.54, 1.807) is 24.3 Å². The molecule has 1 aliphatic rings. The standard InChI is InChI=1S/C15H19N3O4/c1-22-15(21)18-8-2-3-11(9-18)14(20)17-12-6-4-10(5-7-12)13(16)19/h4-7,11H,2-3,8-9H2,1H3,(H2,16,19)(H,17,20). The fourth-order valence-corrected chi connectivity index (χ4v) is 2.45. The highest BCUT2D eigenvalue weighted by atomic mass is 16.5. The largest absolute Gasteiger partial charge is 0.453 e. The van der Waals surface area contributed by atoms with E-state index in [-0.39, 0.29) is 11.8 Å². The minimum absolute atomic E-state index is 0.152. The number of nitrogens with one attached hydrogen (secondary N) is 1. The van der Waals surface area contributed by atoms with Crippen LogP contribution in [-0.2, 0) is 9.53 Å². The number of primary amides is 1. The van der Waals surface area contributed by atoms with Gasteiger partial charge in [-0.15, -0.1) is 0 Å². The van der Waals surface area contributed by atoms with Crippen LogP contribution in [0.2, 0.25) is 0 Å². The van der Waals surface area contributed by atoms with Crippen molar-refractivity contribution in [1.29, 1.82) is 0 Å². The average molecular weight is 305 g/mol. The summed E-state index contributed by atoms with van der Waals surface area (Å²) >= 11 is 0. The van der Waals surface area contributed by atoms with Crippen molar-refractivity contribution in [3.63, 3.8) is 0 Å². The zero-order valence-corrected chi connectivity index (χ0v) is 12.4. The SMILES string of the molecule is COC(=O)N1CCCC(C(=O)Nc2ccc(C(N)=O)cc2)C1. The van der Waals surface area contributed by atoms with Crippen LogP contribution in [0.3, 0.4) is 0 Å². The van der Waals surface area contributed by atoms with Gasteiger partial charge in [0.05, 0.1) is 13.0 Å². The fourth-order valence-electron chi connectivity index (χ4n) is 2.45. The lowest BCUT2D eigenvalue weighted by Crippen LogP contribution is -2.43. The molecule has 0 spiro atoms. The number of ether oxygens (including phenoxy) is 1. The number of amides is 3. The number of piperidine rings is 1. The van der Waals surface area contributed by atoms with Gasteiger partial charge in [0, 0.05) is 24.3 Å². The summed E-state index contributed by atoms with van der Waals surface area (Å²) < 4.78 is 4.68. The second-order valence-electron chi connectivity index (χ2n) is 5.19. The molecule has 3 N–H and O–H groups in total. The summed E-state index contributed by atoms with van der Waals surface area (Å²) in [7, 11) is 1.33. The van der Waals surface area contributed by atoms with E-state index < -0.39 is 12.0 Å². The lowest BCUT2D eigenvalue weighted by Gasteiger charge is -2.30. The monoisotopic (exact) mass is 305 g/mol. The zero-order valence-electron chi connectivity index (χ0n) is 12.4. The van der Waals surface area contributed by atoms with Gasteiger partial charge >= 0.3 is 6.09 Å². The number of hydrogen-bond donors (Lipinski definition) is 2. The number of methoxy groups -OCH3 is 1. The van der Waals surface area contributed by atoms with Crippen LogP contribution in [0, 0.1) is 5.92 Å². The maximum absolute atomic E-state index is 12.3. The highest BCUT2D eigenvalue weighted by Gasteiger charge is 2.28. The Morgan fingerprint density at radius 3 is 2.55 bits per heavy atom. The maximum Gasteiger partial charge on any atom is 0.409 e. The molecule has 0 radical (unpaired) electrons. The number of carbonyl (C=O) groups is 3. The van der Waals surface area contributed by atoms with E-state index >= 15 is 0 Å². The van der Waals surface area contributed by atoms with Crippen molar-refractivity contribution in [2.45, 2.75) is 12.8 Å². The number of carbonyl (C=O) groups excluding carboxylic acids is 3. The van der Waals surface area contributed by atoms with Crippen LogP contribution in [0.5, 0.6) is 0 Å². The number of anilines is 1. The molecule has 0 aliphatic carbocycles. The Hall–Kier alpha value is -2.57. The fraction of sp³-hybridized carbons (Fsp3) is 0.400. The topological polar surface area (TPSA) is 102 Å². The second kappa shape index (κ2) is 6.93. The second-order valence-corrected chi connectivity index (χ2v) is 5.19. The van der Waals surface area contributed by atoms with Gasteiger partial charge in [-0.2, -0.15) is 0 Å². The highest BCUT2D eigenvalue weighted by molar-refractivity contribution is 5.95. The highest BCUT2D eigenvalue weighted by Crippen LogP contribution is 2.19. The van der Waals surface area contributed by atoms with Gasteiger partial charge in [0.1, 0.15) is 0 Å². The van der Waals surface area contributed by atoms with E-state index in [9.17, 15) is 14.4 Å². The number of hydrogen-bond acceptors (Lipinski definition) is 4. The minimum Gasteiger partial charge on any atom is -0.453 e. The molecule has 1 saturated heterocycles. The summed E-state index contributed by atoms with van der Waals surface area (Å²) in [5.74, 6) is -0.942. The molecule has 2 rings (SSSR count). The summed E-state index contributed by atoms with van der Waals surface area (Å²) in [6, 6.07) is 6.36. The first kappa shape index (κ1) is 15.8. The van der Waals surface area contributed by atoms with E-state index in [0.717, 1.165) is 12.8 Å². The summed E-state index contributed by atoms with van der Waals surface area (Å²) in [4.78, 5) is 36.3. The molecule has 0 aromatic heterocycles. The molecule has 22 heavy (non-hydrogen) atoms. The van der Waals surface area contributed by atoms with Crippen molar-refractivity contribution in [2.75, 3.05) is 25.5 Å². The van der Waals surface area contributed by atoms with Gasteiger partial charge in [0.2, 0.25) is 11.8 Å². The maximum atomic E-state index is 12.3. The zero-order chi connectivity index (χ0) is 16.1. The van der Waals surface area contributed by atoms with Gasteiger partial charge < -0.3 is 20.7 Å². The normalized spacial score (nSPS) is 17.7. The molecular formula is C15H19N3O4. The lowest BCUT2D eigenvalue weighted by molar-refractivity contribution is -0.121. The molecular weight excluding hydrogens is 286 g/mol. The molecule has 1 unspecified atom stereocenters. The molecule has 1 aromatic carbocycles. The Morgan fingerprint density at radius 1 is 1.27 bits per heavy atom. The molecule has 3 amide bonds. The number of nitrogens with zero attached hydrogens (tertiary/aromatic N) is 1. The molecule has 0 saturated carbocycles. The van der Waals surface area contributed by atoms with Gasteiger partial charge in [-0.25, -0.2) is 4.79 Å². The summed E-state index contributed by atoms with van der Waals surface area (Å²) in [5.41, 5.74) is 6.13. The van der Waals surface area contributed by atoms with Crippen molar-refractivity contribution in [3.05, 3.63) is 29.8 Å². The predicted octanol–water partition coefficient (Wildman–Crippen LogP) is 1.20. The van der Waals surface area contributed by atoms with Gasteiger partial charge in [-0.05, 0) is 37.1 Å². The Labute approximate surface area is 128 Å². The minimum atomic E-state index is -0.515. The third kappa shape index (κ3) is 3.75. The van der Waals surface area contributed by atoms with E-state index in [4.69, 9.17) is 5.73 Å². The summed E-state index contributed by atoms with van der Waals surface area (Å²) in [5, 5.41) is 2.79. The van der Waals surface area contributed by atoms with Gasteiger partial charge in [0.25, 0.3) is 0 Å². The number of nitrogens with two attached hydrogens (primary N) is 1.